The molecule has 0 aromatic heterocycles. The van der Waals surface area contributed by atoms with Crippen LogP contribution in [0.15, 0.2) is 18.2 Å². The Bertz CT molecular complexity index is 370. The first-order valence-corrected chi connectivity index (χ1v) is 4.99. The number of nitrogens with one attached hydrogen (secondary N) is 2. The predicted octanol–water partition coefficient (Wildman–Crippen LogP) is 1.24. The first kappa shape index (κ1) is 12.3. The number of benzene rings is 1. The van der Waals surface area contributed by atoms with E-state index in [0.717, 1.165) is 0 Å². The molecule has 0 heterocycles. The second-order valence-corrected chi connectivity index (χ2v) is 3.70. The molecule has 0 fully saturated rings. The van der Waals surface area contributed by atoms with Gasteiger partial charge in [-0.15, -0.1) is 0 Å². The van der Waals surface area contributed by atoms with Crippen molar-refractivity contribution in [2.24, 2.45) is 5.73 Å². The van der Waals surface area contributed by atoms with E-state index in [2.05, 4.69) is 10.9 Å². The highest BCUT2D eigenvalue weighted by Crippen LogP contribution is 2.24. The minimum Gasteiger partial charge on any atom is -0.316 e. The molecule has 0 aliphatic rings. The van der Waals surface area contributed by atoms with Gasteiger partial charge in [-0.3, -0.25) is 10.2 Å². The first-order valence-electron chi connectivity index (χ1n) is 4.23. The Labute approximate surface area is 97.7 Å². The number of hydrogen-bond donors (Lipinski definition) is 3. The largest absolute Gasteiger partial charge is 0.316 e. The fourth-order valence-electron chi connectivity index (χ4n) is 1.06. The molecule has 82 valence electrons. The molecule has 0 spiro atoms. The predicted molar refractivity (Wildman–Crippen MR) is 60.6 cm³/mol. The van der Waals surface area contributed by atoms with E-state index in [-0.39, 0.29) is 5.91 Å². The third kappa shape index (κ3) is 3.07. The Morgan fingerprint density at radius 1 is 1.40 bits per heavy atom. The number of carbonyl (C=O) groups excluding carboxylic acids is 1. The van der Waals surface area contributed by atoms with E-state index in [1.54, 1.807) is 25.2 Å². The number of hydrogen-bond acceptors (Lipinski definition) is 3. The van der Waals surface area contributed by atoms with Gasteiger partial charge in [-0.25, -0.2) is 5.43 Å². The summed E-state index contributed by atoms with van der Waals surface area (Å²) in [6, 6.07) is 4.07. The molecule has 4 nitrogen and oxygen atoms in total. The van der Waals surface area contributed by atoms with Crippen LogP contribution in [0.3, 0.4) is 0 Å². The van der Waals surface area contributed by atoms with Crippen molar-refractivity contribution in [3.05, 3.63) is 33.8 Å². The summed E-state index contributed by atoms with van der Waals surface area (Å²) in [5, 5.41) is 0.809. The Kier molecular flexibility index (Phi) is 4.35. The number of rotatable bonds is 3. The van der Waals surface area contributed by atoms with Crippen LogP contribution in [0.4, 0.5) is 0 Å². The van der Waals surface area contributed by atoms with Crippen molar-refractivity contribution in [2.75, 3.05) is 7.05 Å². The minimum atomic E-state index is -0.771. The van der Waals surface area contributed by atoms with Gasteiger partial charge in [0.25, 0.3) is 5.91 Å². The van der Waals surface area contributed by atoms with E-state index < -0.39 is 6.04 Å². The maximum atomic E-state index is 11.4. The van der Waals surface area contributed by atoms with Crippen molar-refractivity contribution in [1.82, 2.24) is 10.9 Å². The van der Waals surface area contributed by atoms with Gasteiger partial charge in [-0.2, -0.15) is 0 Å². The van der Waals surface area contributed by atoms with Gasteiger partial charge in [0.15, 0.2) is 0 Å². The Hall–Kier alpha value is -0.810. The summed E-state index contributed by atoms with van der Waals surface area (Å²) < 4.78 is 0. The maximum absolute atomic E-state index is 11.4. The average molecular weight is 248 g/mol. The summed E-state index contributed by atoms with van der Waals surface area (Å²) in [6.07, 6.45) is 0. The number of carbonyl (C=O) groups is 1. The molecule has 0 bridgehead atoms. The summed E-state index contributed by atoms with van der Waals surface area (Å²) in [5.41, 5.74) is 11.2. The van der Waals surface area contributed by atoms with E-state index in [0.29, 0.717) is 15.6 Å². The molecule has 1 aromatic carbocycles. The van der Waals surface area contributed by atoms with Crippen LogP contribution in [0, 0.1) is 0 Å². The summed E-state index contributed by atoms with van der Waals surface area (Å²) in [6.45, 7) is 0. The van der Waals surface area contributed by atoms with E-state index in [1.807, 2.05) is 0 Å². The fourth-order valence-corrected chi connectivity index (χ4v) is 1.36. The number of hydrazine groups is 1. The van der Waals surface area contributed by atoms with E-state index in [9.17, 15) is 4.79 Å². The van der Waals surface area contributed by atoms with E-state index >= 15 is 0 Å². The molecule has 1 unspecified atom stereocenters. The zero-order chi connectivity index (χ0) is 11.4. The Morgan fingerprint density at radius 2 is 2.07 bits per heavy atom. The average Bonchev–Trinajstić information content (AvgIpc) is 2.21. The molecule has 4 N–H and O–H groups in total. The monoisotopic (exact) mass is 247 g/mol. The molecule has 1 atom stereocenters. The standard InChI is InChI=1S/C9H11Cl2N3O/c1-13-14-9(15)8(12)5-2-3-6(10)7(11)4-5/h2-4,8,13H,12H2,1H3,(H,14,15). The van der Waals surface area contributed by atoms with Gasteiger partial charge in [-0.1, -0.05) is 29.3 Å². The lowest BCUT2D eigenvalue weighted by molar-refractivity contribution is -0.123. The highest BCUT2D eigenvalue weighted by Gasteiger charge is 2.15. The van der Waals surface area contributed by atoms with Crippen LogP contribution in [0.1, 0.15) is 11.6 Å². The lowest BCUT2D eigenvalue weighted by Crippen LogP contribution is -2.40. The van der Waals surface area contributed by atoms with Crippen molar-refractivity contribution >= 4 is 29.1 Å². The summed E-state index contributed by atoms with van der Waals surface area (Å²) in [5.74, 6) is -0.337. The fraction of sp³-hybridized carbons (Fsp3) is 0.222. The smallest absolute Gasteiger partial charge is 0.255 e. The quantitative estimate of drug-likeness (QED) is 0.705. The van der Waals surface area contributed by atoms with Gasteiger partial charge in [0.05, 0.1) is 10.0 Å². The van der Waals surface area contributed by atoms with Gasteiger partial charge in [-0.05, 0) is 17.7 Å². The van der Waals surface area contributed by atoms with Crippen molar-refractivity contribution in [1.29, 1.82) is 0 Å². The zero-order valence-corrected chi connectivity index (χ0v) is 9.56. The molecule has 0 radical (unpaired) electrons. The molecule has 0 aliphatic carbocycles. The van der Waals surface area contributed by atoms with Crippen LogP contribution in [0.25, 0.3) is 0 Å². The molecular weight excluding hydrogens is 237 g/mol. The van der Waals surface area contributed by atoms with Gasteiger partial charge in [0, 0.05) is 7.05 Å². The van der Waals surface area contributed by atoms with Crippen molar-refractivity contribution in [3.8, 4) is 0 Å². The van der Waals surface area contributed by atoms with Crippen molar-refractivity contribution < 1.29 is 4.79 Å². The maximum Gasteiger partial charge on any atom is 0.255 e. The van der Waals surface area contributed by atoms with Crippen molar-refractivity contribution in [3.63, 3.8) is 0 Å². The molecule has 1 amide bonds. The second-order valence-electron chi connectivity index (χ2n) is 2.89. The van der Waals surface area contributed by atoms with Crippen LogP contribution in [-0.2, 0) is 4.79 Å². The van der Waals surface area contributed by atoms with Crippen molar-refractivity contribution in [2.45, 2.75) is 6.04 Å². The van der Waals surface area contributed by atoms with Gasteiger partial charge >= 0.3 is 0 Å². The zero-order valence-electron chi connectivity index (χ0n) is 8.05. The van der Waals surface area contributed by atoms with Gasteiger partial charge in [0.1, 0.15) is 6.04 Å². The third-order valence-corrected chi connectivity index (χ3v) is 2.57. The molecule has 1 aromatic rings. The van der Waals surface area contributed by atoms with Crippen LogP contribution >= 0.6 is 23.2 Å². The molecule has 1 rings (SSSR count). The van der Waals surface area contributed by atoms with Crippen LogP contribution in [-0.4, -0.2) is 13.0 Å². The van der Waals surface area contributed by atoms with Crippen LogP contribution in [0.5, 0.6) is 0 Å². The highest BCUT2D eigenvalue weighted by molar-refractivity contribution is 6.42. The molecule has 15 heavy (non-hydrogen) atoms. The molecule has 0 aliphatic heterocycles. The summed E-state index contributed by atoms with van der Waals surface area (Å²) in [4.78, 5) is 11.4. The molecule has 6 heteroatoms. The highest BCUT2D eigenvalue weighted by atomic mass is 35.5. The third-order valence-electron chi connectivity index (χ3n) is 1.83. The number of halogens is 2. The lowest BCUT2D eigenvalue weighted by Gasteiger charge is -2.12. The Balaban J connectivity index is 2.86. The topological polar surface area (TPSA) is 67.1 Å². The lowest BCUT2D eigenvalue weighted by atomic mass is 10.1. The number of nitrogens with two attached hydrogens (primary N) is 1. The van der Waals surface area contributed by atoms with E-state index in [4.69, 9.17) is 28.9 Å². The Morgan fingerprint density at radius 3 is 2.60 bits per heavy atom. The minimum absolute atomic E-state index is 0.337. The molecule has 0 saturated heterocycles. The van der Waals surface area contributed by atoms with E-state index in [1.165, 1.54) is 0 Å². The summed E-state index contributed by atoms with van der Waals surface area (Å²) >= 11 is 11.5. The number of amides is 1. The first-order chi connectivity index (χ1) is 7.06. The summed E-state index contributed by atoms with van der Waals surface area (Å²) in [7, 11) is 1.58. The van der Waals surface area contributed by atoms with Gasteiger partial charge in [0.2, 0.25) is 0 Å². The molecular formula is C9H11Cl2N3O. The normalized spacial score (nSPS) is 12.3. The van der Waals surface area contributed by atoms with Gasteiger partial charge < -0.3 is 5.73 Å². The van der Waals surface area contributed by atoms with Crippen LogP contribution in [0.2, 0.25) is 10.0 Å². The SMILES string of the molecule is CNNC(=O)C(N)c1ccc(Cl)c(Cl)c1. The second kappa shape index (κ2) is 5.32. The molecule has 0 saturated carbocycles. The van der Waals surface area contributed by atoms with Crippen LogP contribution < -0.4 is 16.6 Å².